The Balaban J connectivity index is 1.20. The van der Waals surface area contributed by atoms with Crippen LogP contribution < -0.4 is 0 Å². The molecule has 4 aliphatic rings. The van der Waals surface area contributed by atoms with Gasteiger partial charge in [0.1, 0.15) is 12.4 Å². The zero-order valence-electron chi connectivity index (χ0n) is 20.4. The number of fused-ring (bicyclic) bond motifs is 3. The lowest BCUT2D eigenvalue weighted by molar-refractivity contribution is -0.148. The van der Waals surface area contributed by atoms with Crippen molar-refractivity contribution in [1.29, 1.82) is 0 Å². The molecule has 2 spiro atoms. The number of imidazole rings is 1. The number of benzene rings is 2. The summed E-state index contributed by atoms with van der Waals surface area (Å²) in [6.07, 6.45) is 7.60. The van der Waals surface area contributed by atoms with Crippen LogP contribution in [-0.4, -0.2) is 51.8 Å². The molecular weight excluding hydrogens is 473 g/mol. The van der Waals surface area contributed by atoms with Crippen LogP contribution in [0.15, 0.2) is 64.8 Å². The fourth-order valence-corrected chi connectivity index (χ4v) is 6.91. The smallest absolute Gasteiger partial charge is 0.191 e. The van der Waals surface area contributed by atoms with E-state index in [4.69, 9.17) is 14.1 Å². The molecule has 2 aromatic heterocycles. The van der Waals surface area contributed by atoms with E-state index in [0.29, 0.717) is 6.61 Å². The Hall–Kier alpha value is -3.72. The van der Waals surface area contributed by atoms with E-state index in [1.807, 2.05) is 36.0 Å². The fraction of sp³-hybridized carbons (Fsp3) is 0.393. The molecule has 3 unspecified atom stereocenters. The van der Waals surface area contributed by atoms with Crippen molar-refractivity contribution in [3.8, 4) is 5.69 Å². The molecule has 0 N–H and O–H groups in total. The van der Waals surface area contributed by atoms with Gasteiger partial charge in [-0.05, 0) is 55.0 Å². The third kappa shape index (κ3) is 3.06. The first-order chi connectivity index (χ1) is 18.1. The van der Waals surface area contributed by atoms with Crippen molar-refractivity contribution in [2.45, 2.75) is 31.7 Å². The molecule has 4 aromatic rings. The largest absolute Gasteiger partial charge is 0.392 e. The summed E-state index contributed by atoms with van der Waals surface area (Å²) in [6, 6.07) is 11.1. The maximum atomic E-state index is 13.7. The summed E-state index contributed by atoms with van der Waals surface area (Å²) in [7, 11) is 0. The van der Waals surface area contributed by atoms with Crippen LogP contribution in [-0.2, 0) is 9.57 Å². The molecule has 3 atom stereocenters. The average molecular weight is 500 g/mol. The highest BCUT2D eigenvalue weighted by atomic mass is 19.1. The average Bonchev–Trinajstić information content (AvgIpc) is 3.20. The number of oxime groups is 1. The number of aryl methyl sites for hydroxylation is 1. The summed E-state index contributed by atoms with van der Waals surface area (Å²) >= 11 is 0. The molecule has 1 saturated carbocycles. The van der Waals surface area contributed by atoms with Crippen molar-refractivity contribution in [1.82, 2.24) is 19.6 Å². The first-order valence-corrected chi connectivity index (χ1v) is 12.7. The lowest BCUT2D eigenvalue weighted by Crippen LogP contribution is -2.62. The normalized spacial score (nSPS) is 27.6. The number of piperidine rings is 1. The second-order valence-electron chi connectivity index (χ2n) is 11.2. The minimum atomic E-state index is -0.234. The van der Waals surface area contributed by atoms with Gasteiger partial charge in [0.2, 0.25) is 0 Å². The van der Waals surface area contributed by atoms with Gasteiger partial charge in [0.15, 0.2) is 11.4 Å². The van der Waals surface area contributed by atoms with Crippen LogP contribution in [0.25, 0.3) is 16.7 Å². The van der Waals surface area contributed by atoms with Gasteiger partial charge in [-0.15, -0.1) is 0 Å². The topological polar surface area (TPSA) is 77.9 Å². The minimum absolute atomic E-state index is 0.00790. The number of halogens is 1. The van der Waals surface area contributed by atoms with Gasteiger partial charge in [0.05, 0.1) is 43.2 Å². The minimum Gasteiger partial charge on any atom is -0.392 e. The molecule has 188 valence electrons. The highest BCUT2D eigenvalue weighted by Gasteiger charge is 2.68. The summed E-state index contributed by atoms with van der Waals surface area (Å²) in [5.41, 5.74) is 4.84. The number of nitrogens with zero attached hydrogens (tertiary/aromatic N) is 5. The molecule has 2 saturated heterocycles. The maximum absolute atomic E-state index is 13.7. The van der Waals surface area contributed by atoms with Gasteiger partial charge in [-0.2, -0.15) is 0 Å². The lowest BCUT2D eigenvalue weighted by Gasteiger charge is -2.55. The molecule has 0 radical (unpaired) electrons. The molecular formula is C28H26FN5O3. The van der Waals surface area contributed by atoms with Crippen molar-refractivity contribution in [3.05, 3.63) is 77.8 Å². The number of ether oxygens (including phenoxy) is 1. The predicted octanol–water partition coefficient (Wildman–Crippen LogP) is 4.74. The Morgan fingerprint density at radius 2 is 1.97 bits per heavy atom. The quantitative estimate of drug-likeness (QED) is 0.405. The summed E-state index contributed by atoms with van der Waals surface area (Å²) in [5.74, 6) is 1.04. The van der Waals surface area contributed by atoms with E-state index in [0.717, 1.165) is 66.3 Å². The van der Waals surface area contributed by atoms with Crippen molar-refractivity contribution >= 4 is 16.8 Å². The van der Waals surface area contributed by atoms with Gasteiger partial charge in [0, 0.05) is 29.0 Å². The summed E-state index contributed by atoms with van der Waals surface area (Å²) < 4.78 is 27.2. The summed E-state index contributed by atoms with van der Waals surface area (Å²) in [5, 5.41) is 9.86. The van der Waals surface area contributed by atoms with Crippen LogP contribution in [0.2, 0.25) is 0 Å². The molecule has 0 bridgehead atoms. The molecule has 5 heterocycles. The highest BCUT2D eigenvalue weighted by molar-refractivity contribution is 5.96. The standard InChI is InChI=1S/C28H26FN5O3/c1-17-10-33(16-30-17)23-7-6-20(21-9-31-37-25(21)23)22-8-28(22)12-27(14-35-15-27)13-34-24(11-36-32-26(28)34)18-2-4-19(29)5-3-18/h2-7,9-10,16,22,24H,8,11-15H2,1H3. The molecule has 1 aliphatic carbocycles. The molecule has 2 aromatic carbocycles. The van der Waals surface area contributed by atoms with Crippen LogP contribution in [0, 0.1) is 23.6 Å². The maximum Gasteiger partial charge on any atom is 0.191 e. The lowest BCUT2D eigenvalue weighted by atomic mass is 9.69. The molecule has 0 amide bonds. The first-order valence-electron chi connectivity index (χ1n) is 12.7. The molecule has 9 heteroatoms. The van der Waals surface area contributed by atoms with Crippen molar-refractivity contribution in [2.75, 3.05) is 26.4 Å². The number of amidine groups is 1. The zero-order valence-corrected chi connectivity index (χ0v) is 20.4. The Labute approximate surface area is 212 Å². The molecule has 8 rings (SSSR count). The first kappa shape index (κ1) is 21.4. The van der Waals surface area contributed by atoms with Crippen molar-refractivity contribution < 1.29 is 18.5 Å². The molecule has 3 aliphatic heterocycles. The van der Waals surface area contributed by atoms with Gasteiger partial charge in [-0.3, -0.25) is 0 Å². The Morgan fingerprint density at radius 1 is 1.11 bits per heavy atom. The highest BCUT2D eigenvalue weighted by Crippen LogP contribution is 2.69. The predicted molar refractivity (Wildman–Crippen MR) is 133 cm³/mol. The van der Waals surface area contributed by atoms with Gasteiger partial charge in [0.25, 0.3) is 0 Å². The van der Waals surface area contributed by atoms with E-state index in [1.54, 1.807) is 6.33 Å². The van der Waals surface area contributed by atoms with E-state index in [2.05, 4.69) is 32.3 Å². The van der Waals surface area contributed by atoms with Crippen molar-refractivity contribution in [3.63, 3.8) is 0 Å². The molecule has 8 nitrogen and oxygen atoms in total. The van der Waals surface area contributed by atoms with Crippen LogP contribution in [0.3, 0.4) is 0 Å². The SMILES string of the molecule is Cc1cn(-c2ccc(C3CC34CC3(COC3)CN3C4=NOCC3c3ccc(F)cc3)c3cnoc23)cn1. The van der Waals surface area contributed by atoms with E-state index in [1.165, 1.54) is 17.7 Å². The van der Waals surface area contributed by atoms with Gasteiger partial charge in [-0.1, -0.05) is 28.5 Å². The third-order valence-corrected chi connectivity index (χ3v) is 8.72. The van der Waals surface area contributed by atoms with Gasteiger partial charge in [-0.25, -0.2) is 9.37 Å². The number of rotatable bonds is 3. The monoisotopic (exact) mass is 499 g/mol. The second-order valence-corrected chi connectivity index (χ2v) is 11.2. The van der Waals surface area contributed by atoms with E-state index in [9.17, 15) is 4.39 Å². The molecule has 3 fully saturated rings. The fourth-order valence-electron chi connectivity index (χ4n) is 6.91. The summed E-state index contributed by atoms with van der Waals surface area (Å²) in [6.45, 7) is 4.79. The van der Waals surface area contributed by atoms with E-state index < -0.39 is 0 Å². The molecule has 37 heavy (non-hydrogen) atoms. The van der Waals surface area contributed by atoms with Gasteiger partial charge >= 0.3 is 0 Å². The second kappa shape index (κ2) is 7.41. The van der Waals surface area contributed by atoms with Crippen LogP contribution >= 0.6 is 0 Å². The van der Waals surface area contributed by atoms with Crippen LogP contribution in [0.4, 0.5) is 4.39 Å². The zero-order chi connectivity index (χ0) is 24.8. The Kier molecular flexibility index (Phi) is 4.28. The summed E-state index contributed by atoms with van der Waals surface area (Å²) in [4.78, 5) is 12.6. The van der Waals surface area contributed by atoms with Crippen LogP contribution in [0.1, 0.15) is 41.6 Å². The Bertz CT molecular complexity index is 1560. The number of hydrogen-bond acceptors (Lipinski definition) is 7. The number of aromatic nitrogens is 3. The Morgan fingerprint density at radius 3 is 2.73 bits per heavy atom. The van der Waals surface area contributed by atoms with E-state index >= 15 is 0 Å². The third-order valence-electron chi connectivity index (χ3n) is 8.72. The van der Waals surface area contributed by atoms with Gasteiger partial charge < -0.3 is 23.6 Å². The number of hydrogen-bond donors (Lipinski definition) is 0. The van der Waals surface area contributed by atoms with Crippen LogP contribution in [0.5, 0.6) is 0 Å². The van der Waals surface area contributed by atoms with Crippen molar-refractivity contribution in [2.24, 2.45) is 16.0 Å². The van der Waals surface area contributed by atoms with E-state index in [-0.39, 0.29) is 28.6 Å².